The molecule has 0 aromatic carbocycles. The molecule has 0 radical (unpaired) electrons. The van der Waals surface area contributed by atoms with Crippen molar-refractivity contribution in [2.24, 2.45) is 0 Å². The van der Waals surface area contributed by atoms with Crippen LogP contribution in [0.1, 0.15) is 36.9 Å². The Morgan fingerprint density at radius 2 is 1.89 bits per heavy atom. The first-order valence-corrected chi connectivity index (χ1v) is 7.23. The van der Waals surface area contributed by atoms with E-state index in [0.717, 1.165) is 39.0 Å². The molecule has 4 nitrogen and oxygen atoms in total. The van der Waals surface area contributed by atoms with E-state index >= 15 is 0 Å². The maximum absolute atomic E-state index is 4.59. The number of hydrogen-bond donors (Lipinski definition) is 1. The molecule has 1 aromatic rings. The topological polar surface area (TPSA) is 41.1 Å². The summed E-state index contributed by atoms with van der Waals surface area (Å²) in [6.07, 6.45) is 9.17. The van der Waals surface area contributed by atoms with Gasteiger partial charge in [-0.15, -0.1) is 0 Å². The van der Waals surface area contributed by atoms with E-state index < -0.39 is 0 Å². The molecule has 0 saturated carbocycles. The average molecular weight is 246 g/mol. The van der Waals surface area contributed by atoms with Gasteiger partial charge in [0.25, 0.3) is 0 Å². The molecule has 0 amide bonds. The van der Waals surface area contributed by atoms with E-state index in [-0.39, 0.29) is 0 Å². The summed E-state index contributed by atoms with van der Waals surface area (Å²) in [5, 5.41) is 3.45. The van der Waals surface area contributed by atoms with E-state index in [1.165, 1.54) is 42.8 Å². The van der Waals surface area contributed by atoms with Crippen molar-refractivity contribution in [1.82, 2.24) is 15.3 Å². The molecule has 4 heteroatoms. The predicted octanol–water partition coefficient (Wildman–Crippen LogP) is 1.55. The first-order valence-electron chi connectivity index (χ1n) is 7.23. The molecule has 1 aliphatic carbocycles. The van der Waals surface area contributed by atoms with Gasteiger partial charge in [-0.2, -0.15) is 0 Å². The molecule has 98 valence electrons. The third kappa shape index (κ3) is 2.48. The summed E-state index contributed by atoms with van der Waals surface area (Å²) in [6, 6.07) is 0. The van der Waals surface area contributed by atoms with Crippen LogP contribution in [-0.2, 0) is 12.8 Å². The third-order valence-electron chi connectivity index (χ3n) is 3.99. The molecule has 1 aromatic heterocycles. The predicted molar refractivity (Wildman–Crippen MR) is 73.0 cm³/mol. The molecule has 0 spiro atoms. The van der Waals surface area contributed by atoms with Crippen LogP contribution < -0.4 is 10.2 Å². The van der Waals surface area contributed by atoms with Crippen molar-refractivity contribution in [2.45, 2.75) is 38.5 Å². The fourth-order valence-corrected chi connectivity index (χ4v) is 3.01. The number of aryl methyl sites for hydroxylation is 1. The van der Waals surface area contributed by atoms with Crippen molar-refractivity contribution in [2.75, 3.05) is 31.1 Å². The summed E-state index contributed by atoms with van der Waals surface area (Å²) >= 11 is 0. The van der Waals surface area contributed by atoms with E-state index in [2.05, 4.69) is 20.2 Å². The summed E-state index contributed by atoms with van der Waals surface area (Å²) in [4.78, 5) is 11.5. The maximum atomic E-state index is 4.59. The van der Waals surface area contributed by atoms with Gasteiger partial charge < -0.3 is 10.2 Å². The van der Waals surface area contributed by atoms with Crippen molar-refractivity contribution in [3.8, 4) is 0 Å². The summed E-state index contributed by atoms with van der Waals surface area (Å²) < 4.78 is 0. The zero-order valence-electron chi connectivity index (χ0n) is 11.0. The van der Waals surface area contributed by atoms with Gasteiger partial charge in [-0.05, 0) is 38.6 Å². The second-order valence-electron chi connectivity index (χ2n) is 5.27. The lowest BCUT2D eigenvalue weighted by Crippen LogP contribution is -2.30. The van der Waals surface area contributed by atoms with Crippen LogP contribution in [0.25, 0.3) is 0 Å². The largest absolute Gasteiger partial charge is 0.355 e. The fourth-order valence-electron chi connectivity index (χ4n) is 3.01. The number of rotatable bonds is 1. The van der Waals surface area contributed by atoms with Crippen LogP contribution >= 0.6 is 0 Å². The van der Waals surface area contributed by atoms with Crippen LogP contribution in [0, 0.1) is 0 Å². The molecule has 2 heterocycles. The molecule has 1 saturated heterocycles. The van der Waals surface area contributed by atoms with Crippen molar-refractivity contribution < 1.29 is 0 Å². The van der Waals surface area contributed by atoms with Gasteiger partial charge in [-0.3, -0.25) is 0 Å². The lowest BCUT2D eigenvalue weighted by molar-refractivity contribution is 0.707. The van der Waals surface area contributed by atoms with Crippen LogP contribution in [0.15, 0.2) is 6.33 Å². The molecular weight excluding hydrogens is 224 g/mol. The molecule has 1 fully saturated rings. The lowest BCUT2D eigenvalue weighted by atomic mass is 10.1. The number of nitrogens with zero attached hydrogens (tertiary/aromatic N) is 3. The minimum absolute atomic E-state index is 1.07. The fraction of sp³-hybridized carbons (Fsp3) is 0.714. The lowest BCUT2D eigenvalue weighted by Gasteiger charge is -2.24. The number of nitrogens with one attached hydrogen (secondary N) is 1. The molecule has 1 N–H and O–H groups in total. The van der Waals surface area contributed by atoms with Crippen molar-refractivity contribution >= 4 is 5.82 Å². The summed E-state index contributed by atoms with van der Waals surface area (Å²) in [7, 11) is 0. The van der Waals surface area contributed by atoms with Crippen molar-refractivity contribution in [3.05, 3.63) is 17.6 Å². The Balaban J connectivity index is 1.90. The van der Waals surface area contributed by atoms with Gasteiger partial charge in [-0.1, -0.05) is 6.42 Å². The number of fused-ring (bicyclic) bond motifs is 1. The highest BCUT2D eigenvalue weighted by Crippen LogP contribution is 2.26. The van der Waals surface area contributed by atoms with Crippen molar-refractivity contribution in [1.29, 1.82) is 0 Å². The highest BCUT2D eigenvalue weighted by molar-refractivity contribution is 5.49. The monoisotopic (exact) mass is 246 g/mol. The van der Waals surface area contributed by atoms with E-state index in [4.69, 9.17) is 0 Å². The minimum Gasteiger partial charge on any atom is -0.355 e. The van der Waals surface area contributed by atoms with Crippen LogP contribution in [0.3, 0.4) is 0 Å². The quantitative estimate of drug-likeness (QED) is 0.763. The Morgan fingerprint density at radius 3 is 2.89 bits per heavy atom. The highest BCUT2D eigenvalue weighted by atomic mass is 15.2. The van der Waals surface area contributed by atoms with Crippen LogP contribution in [0.2, 0.25) is 0 Å². The van der Waals surface area contributed by atoms with Gasteiger partial charge in [0.2, 0.25) is 0 Å². The van der Waals surface area contributed by atoms with Crippen LogP contribution in [0.4, 0.5) is 5.82 Å². The zero-order valence-corrected chi connectivity index (χ0v) is 11.0. The summed E-state index contributed by atoms with van der Waals surface area (Å²) in [5.74, 6) is 1.21. The van der Waals surface area contributed by atoms with E-state index in [9.17, 15) is 0 Å². The standard InChI is InChI=1S/C14H22N4/c1-2-5-12-13(6-3-1)16-11-17-14(12)18-9-4-7-15-8-10-18/h11,15H,1-10H2. The SMILES string of the molecule is c1nc2c(c(N3CCCNCC3)n1)CCCCC2. The average Bonchev–Trinajstić information content (AvgIpc) is 2.80. The Labute approximate surface area is 109 Å². The molecule has 0 bridgehead atoms. The smallest absolute Gasteiger partial charge is 0.135 e. The van der Waals surface area contributed by atoms with Gasteiger partial charge in [0.05, 0.1) is 0 Å². The Bertz CT molecular complexity index is 397. The Hall–Kier alpha value is -1.16. The number of hydrogen-bond acceptors (Lipinski definition) is 4. The van der Waals surface area contributed by atoms with Gasteiger partial charge in [0.1, 0.15) is 12.1 Å². The minimum atomic E-state index is 1.07. The summed E-state index contributed by atoms with van der Waals surface area (Å²) in [5.41, 5.74) is 2.73. The normalized spacial score (nSPS) is 21.0. The maximum Gasteiger partial charge on any atom is 0.135 e. The molecular formula is C14H22N4. The number of aromatic nitrogens is 2. The zero-order chi connectivity index (χ0) is 12.2. The third-order valence-corrected chi connectivity index (χ3v) is 3.99. The molecule has 3 rings (SSSR count). The first kappa shape index (κ1) is 11.9. The van der Waals surface area contributed by atoms with Gasteiger partial charge >= 0.3 is 0 Å². The Morgan fingerprint density at radius 1 is 0.944 bits per heavy atom. The summed E-state index contributed by atoms with van der Waals surface area (Å²) in [6.45, 7) is 4.39. The molecule has 0 atom stereocenters. The Kier molecular flexibility index (Phi) is 3.74. The molecule has 0 unspecified atom stereocenters. The second kappa shape index (κ2) is 5.65. The number of anilines is 1. The van der Waals surface area contributed by atoms with Gasteiger partial charge in [-0.25, -0.2) is 9.97 Å². The molecule has 1 aliphatic heterocycles. The van der Waals surface area contributed by atoms with E-state index in [1.807, 2.05) is 0 Å². The van der Waals surface area contributed by atoms with E-state index in [1.54, 1.807) is 6.33 Å². The highest BCUT2D eigenvalue weighted by Gasteiger charge is 2.19. The second-order valence-corrected chi connectivity index (χ2v) is 5.27. The van der Waals surface area contributed by atoms with Crippen LogP contribution in [-0.4, -0.2) is 36.1 Å². The van der Waals surface area contributed by atoms with Gasteiger partial charge in [0.15, 0.2) is 0 Å². The molecule has 18 heavy (non-hydrogen) atoms. The van der Waals surface area contributed by atoms with Crippen molar-refractivity contribution in [3.63, 3.8) is 0 Å². The van der Waals surface area contributed by atoms with E-state index in [0.29, 0.717) is 0 Å². The first-order chi connectivity index (χ1) is 8.95. The van der Waals surface area contributed by atoms with Gasteiger partial charge in [0, 0.05) is 30.9 Å². The van der Waals surface area contributed by atoms with Crippen LogP contribution in [0.5, 0.6) is 0 Å². The molecule has 2 aliphatic rings.